The molecule has 0 radical (unpaired) electrons. The van der Waals surface area contributed by atoms with Crippen molar-refractivity contribution in [2.24, 2.45) is 7.05 Å². The maximum absolute atomic E-state index is 12.7. The third kappa shape index (κ3) is 2.92. The molecule has 140 valence electrons. The maximum Gasteiger partial charge on any atom is 0.233 e. The number of nitrogens with zero attached hydrogens (tertiary/aromatic N) is 5. The summed E-state index contributed by atoms with van der Waals surface area (Å²) in [7, 11) is 1.98. The summed E-state index contributed by atoms with van der Waals surface area (Å²) in [6, 6.07) is 16.4. The lowest BCUT2D eigenvalue weighted by molar-refractivity contribution is -0.129. The van der Waals surface area contributed by atoms with Crippen LogP contribution in [-0.2, 0) is 24.8 Å². The van der Waals surface area contributed by atoms with Crippen LogP contribution in [0.1, 0.15) is 11.1 Å². The fourth-order valence-corrected chi connectivity index (χ4v) is 4.46. The lowest BCUT2D eigenvalue weighted by atomic mass is 10.00. The average molecular weight is 389 g/mol. The molecule has 7 heteroatoms. The number of aromatic nitrogens is 4. The first-order valence-corrected chi connectivity index (χ1v) is 10.2. The van der Waals surface area contributed by atoms with Gasteiger partial charge in [-0.1, -0.05) is 54.2 Å². The Bertz CT molecular complexity index is 1200. The van der Waals surface area contributed by atoms with Crippen molar-refractivity contribution in [1.82, 2.24) is 24.6 Å². The highest BCUT2D eigenvalue weighted by molar-refractivity contribution is 7.99. The predicted molar refractivity (Wildman–Crippen MR) is 110 cm³/mol. The molecule has 0 atom stereocenters. The van der Waals surface area contributed by atoms with Crippen LogP contribution in [0.2, 0.25) is 0 Å². The molecular weight excluding hydrogens is 370 g/mol. The number of carbonyl (C=O) groups excluding carboxylic acids is 1. The molecule has 5 rings (SSSR count). The smallest absolute Gasteiger partial charge is 0.233 e. The summed E-state index contributed by atoms with van der Waals surface area (Å²) < 4.78 is 2.02. The van der Waals surface area contributed by atoms with E-state index in [2.05, 4.69) is 33.4 Å². The monoisotopic (exact) mass is 389 g/mol. The molecule has 2 aromatic carbocycles. The first kappa shape index (κ1) is 17.2. The molecule has 0 spiro atoms. The normalized spacial score (nSPS) is 13.8. The minimum Gasteiger partial charge on any atom is -0.337 e. The second-order valence-electron chi connectivity index (χ2n) is 6.97. The van der Waals surface area contributed by atoms with E-state index < -0.39 is 0 Å². The molecule has 6 nitrogen and oxygen atoms in total. The van der Waals surface area contributed by atoms with E-state index in [1.54, 1.807) is 0 Å². The molecular formula is C21H19N5OS. The second kappa shape index (κ2) is 6.91. The van der Waals surface area contributed by atoms with Crippen molar-refractivity contribution in [3.8, 4) is 0 Å². The standard InChI is InChI=1S/C21H19N5OS/c1-25-17-9-5-4-8-16(17)19-20(25)22-21(24-23-19)28-13-18(27)26-11-10-14-6-2-3-7-15(14)12-26/h2-9H,10-13H2,1H3. The maximum atomic E-state index is 12.7. The number of para-hydroxylation sites is 1. The third-order valence-electron chi connectivity index (χ3n) is 5.30. The molecule has 4 aromatic rings. The number of hydrogen-bond donors (Lipinski definition) is 0. The van der Waals surface area contributed by atoms with Crippen LogP contribution in [0.25, 0.3) is 22.1 Å². The van der Waals surface area contributed by atoms with Crippen LogP contribution >= 0.6 is 11.8 Å². The van der Waals surface area contributed by atoms with E-state index in [-0.39, 0.29) is 5.91 Å². The molecule has 1 amide bonds. The van der Waals surface area contributed by atoms with Gasteiger partial charge in [-0.3, -0.25) is 4.79 Å². The van der Waals surface area contributed by atoms with Gasteiger partial charge in [-0.05, 0) is 23.6 Å². The van der Waals surface area contributed by atoms with Crippen molar-refractivity contribution in [3.63, 3.8) is 0 Å². The number of amides is 1. The van der Waals surface area contributed by atoms with Crippen molar-refractivity contribution in [1.29, 1.82) is 0 Å². The Hall–Kier alpha value is -2.93. The zero-order valence-corrected chi connectivity index (χ0v) is 16.3. The molecule has 0 bridgehead atoms. The first-order chi connectivity index (χ1) is 13.7. The topological polar surface area (TPSA) is 63.9 Å². The Morgan fingerprint density at radius 3 is 2.75 bits per heavy atom. The number of fused-ring (bicyclic) bond motifs is 4. The molecule has 0 fully saturated rings. The highest BCUT2D eigenvalue weighted by atomic mass is 32.2. The van der Waals surface area contributed by atoms with Gasteiger partial charge < -0.3 is 9.47 Å². The van der Waals surface area contributed by atoms with Crippen molar-refractivity contribution in [2.75, 3.05) is 12.3 Å². The zero-order chi connectivity index (χ0) is 19.1. The Morgan fingerprint density at radius 2 is 1.86 bits per heavy atom. The molecule has 1 aliphatic heterocycles. The Kier molecular flexibility index (Phi) is 4.24. The van der Waals surface area contributed by atoms with E-state index >= 15 is 0 Å². The van der Waals surface area contributed by atoms with Crippen LogP contribution in [0.3, 0.4) is 0 Å². The van der Waals surface area contributed by atoms with Crippen molar-refractivity contribution >= 4 is 39.7 Å². The van der Waals surface area contributed by atoms with Gasteiger partial charge in [0.25, 0.3) is 0 Å². The fraction of sp³-hybridized carbons (Fsp3) is 0.238. The largest absolute Gasteiger partial charge is 0.337 e. The second-order valence-corrected chi connectivity index (χ2v) is 7.91. The lowest BCUT2D eigenvalue weighted by Gasteiger charge is -2.28. The molecule has 0 unspecified atom stereocenters. The van der Waals surface area contributed by atoms with Gasteiger partial charge in [-0.25, -0.2) is 4.98 Å². The summed E-state index contributed by atoms with van der Waals surface area (Å²) in [5, 5.41) is 10.2. The van der Waals surface area contributed by atoms with Gasteiger partial charge in [0.2, 0.25) is 11.1 Å². The van der Waals surface area contributed by atoms with Gasteiger partial charge in [0.05, 0.1) is 11.3 Å². The molecule has 0 N–H and O–H groups in total. The van der Waals surface area contributed by atoms with E-state index in [0.717, 1.165) is 35.0 Å². The molecule has 0 saturated carbocycles. The predicted octanol–water partition coefficient (Wildman–Crippen LogP) is 3.19. The highest BCUT2D eigenvalue weighted by Crippen LogP contribution is 2.26. The number of hydrogen-bond acceptors (Lipinski definition) is 5. The summed E-state index contributed by atoms with van der Waals surface area (Å²) in [5.74, 6) is 0.430. The minimum absolute atomic E-state index is 0.111. The number of benzene rings is 2. The van der Waals surface area contributed by atoms with Crippen LogP contribution < -0.4 is 0 Å². The third-order valence-corrected chi connectivity index (χ3v) is 6.12. The summed E-state index contributed by atoms with van der Waals surface area (Å²) >= 11 is 1.35. The highest BCUT2D eigenvalue weighted by Gasteiger charge is 2.21. The number of aryl methyl sites for hydroxylation is 1. The van der Waals surface area contributed by atoms with Gasteiger partial charge in [-0.2, -0.15) is 0 Å². The zero-order valence-electron chi connectivity index (χ0n) is 15.5. The molecule has 3 heterocycles. The van der Waals surface area contributed by atoms with Crippen LogP contribution in [0, 0.1) is 0 Å². The summed E-state index contributed by atoms with van der Waals surface area (Å²) in [4.78, 5) is 19.2. The number of rotatable bonds is 3. The Labute approximate surface area is 166 Å². The summed E-state index contributed by atoms with van der Waals surface area (Å²) in [5.41, 5.74) is 5.24. The fourth-order valence-electron chi connectivity index (χ4n) is 3.78. The Balaban J connectivity index is 1.33. The number of thioether (sulfide) groups is 1. The van der Waals surface area contributed by atoms with Gasteiger partial charge in [0.15, 0.2) is 5.65 Å². The quantitative estimate of drug-likeness (QED) is 0.504. The summed E-state index contributed by atoms with van der Waals surface area (Å²) in [6.07, 6.45) is 0.909. The van der Waals surface area contributed by atoms with Gasteiger partial charge in [0, 0.05) is 25.5 Å². The average Bonchev–Trinajstić information content (AvgIpc) is 3.03. The van der Waals surface area contributed by atoms with Crippen LogP contribution in [0.4, 0.5) is 0 Å². The van der Waals surface area contributed by atoms with E-state index in [0.29, 0.717) is 17.5 Å². The van der Waals surface area contributed by atoms with E-state index in [1.165, 1.54) is 22.9 Å². The van der Waals surface area contributed by atoms with Crippen LogP contribution in [0.15, 0.2) is 53.7 Å². The van der Waals surface area contributed by atoms with Crippen molar-refractivity contribution < 1.29 is 4.79 Å². The first-order valence-electron chi connectivity index (χ1n) is 9.26. The molecule has 0 saturated heterocycles. The molecule has 1 aliphatic rings. The van der Waals surface area contributed by atoms with Crippen LogP contribution in [0.5, 0.6) is 0 Å². The molecule has 28 heavy (non-hydrogen) atoms. The van der Waals surface area contributed by atoms with E-state index in [1.807, 2.05) is 46.8 Å². The lowest BCUT2D eigenvalue weighted by Crippen LogP contribution is -2.37. The Morgan fingerprint density at radius 1 is 1.07 bits per heavy atom. The van der Waals surface area contributed by atoms with E-state index in [9.17, 15) is 4.79 Å². The summed E-state index contributed by atoms with van der Waals surface area (Å²) in [6.45, 7) is 1.44. The van der Waals surface area contributed by atoms with Gasteiger partial charge in [0.1, 0.15) is 5.52 Å². The molecule has 2 aromatic heterocycles. The minimum atomic E-state index is 0.111. The van der Waals surface area contributed by atoms with Crippen molar-refractivity contribution in [2.45, 2.75) is 18.1 Å². The van der Waals surface area contributed by atoms with Gasteiger partial charge in [-0.15, -0.1) is 10.2 Å². The van der Waals surface area contributed by atoms with E-state index in [4.69, 9.17) is 0 Å². The van der Waals surface area contributed by atoms with Crippen LogP contribution in [-0.4, -0.2) is 42.9 Å². The van der Waals surface area contributed by atoms with Crippen molar-refractivity contribution in [3.05, 3.63) is 59.7 Å². The number of carbonyl (C=O) groups is 1. The SMILES string of the molecule is Cn1c2ccccc2c2nnc(SCC(=O)N3CCc4ccccc4C3)nc21. The molecule has 0 aliphatic carbocycles. The van der Waals surface area contributed by atoms with Gasteiger partial charge >= 0.3 is 0 Å².